The van der Waals surface area contributed by atoms with Crippen molar-refractivity contribution in [1.82, 2.24) is 10.2 Å². The Labute approximate surface area is 168 Å². The van der Waals surface area contributed by atoms with Gasteiger partial charge in [0.1, 0.15) is 12.7 Å². The fourth-order valence-electron chi connectivity index (χ4n) is 4.42. The van der Waals surface area contributed by atoms with E-state index in [1.807, 2.05) is 18.2 Å². The molecular formula is C22H32N4O2. The average molecular weight is 385 g/mol. The third kappa shape index (κ3) is 5.70. The second-order valence-electron chi connectivity index (χ2n) is 7.96. The predicted molar refractivity (Wildman–Crippen MR) is 110 cm³/mol. The molecule has 152 valence electrons. The van der Waals surface area contributed by atoms with E-state index in [0.717, 1.165) is 62.7 Å². The molecule has 1 heterocycles. The van der Waals surface area contributed by atoms with Crippen molar-refractivity contribution in [2.24, 2.45) is 5.92 Å². The number of nitriles is 1. The van der Waals surface area contributed by atoms with Crippen molar-refractivity contribution in [1.29, 1.82) is 5.26 Å². The molecule has 1 saturated carbocycles. The number of methoxy groups -OCH3 is 1. The van der Waals surface area contributed by atoms with Crippen LogP contribution in [0, 0.1) is 17.2 Å². The number of rotatable bonds is 7. The molecule has 1 aliphatic carbocycles. The fraction of sp³-hybridized carbons (Fsp3) is 0.636. The summed E-state index contributed by atoms with van der Waals surface area (Å²) in [5.74, 6) is 0.773. The van der Waals surface area contributed by atoms with Crippen LogP contribution in [0.1, 0.15) is 37.7 Å². The minimum absolute atomic E-state index is 0.00166. The van der Waals surface area contributed by atoms with Gasteiger partial charge in [-0.1, -0.05) is 12.1 Å². The number of hydrogen-bond acceptors (Lipinski definition) is 5. The van der Waals surface area contributed by atoms with E-state index < -0.39 is 0 Å². The molecule has 1 aromatic carbocycles. The summed E-state index contributed by atoms with van der Waals surface area (Å²) >= 11 is 0. The van der Waals surface area contributed by atoms with Crippen LogP contribution in [0.5, 0.6) is 0 Å². The fourth-order valence-corrected chi connectivity index (χ4v) is 4.42. The normalized spacial score (nSPS) is 23.2. The number of piperazine rings is 1. The van der Waals surface area contributed by atoms with Gasteiger partial charge >= 0.3 is 0 Å². The lowest BCUT2D eigenvalue weighted by Crippen LogP contribution is -2.47. The van der Waals surface area contributed by atoms with Crippen LogP contribution in [0.2, 0.25) is 0 Å². The maximum absolute atomic E-state index is 11.6. The Morgan fingerprint density at radius 3 is 2.57 bits per heavy atom. The molecule has 0 unspecified atom stereocenters. The molecule has 0 bridgehead atoms. The van der Waals surface area contributed by atoms with Gasteiger partial charge in [-0.3, -0.25) is 9.69 Å². The summed E-state index contributed by atoms with van der Waals surface area (Å²) < 4.78 is 4.88. The molecule has 0 spiro atoms. The number of benzene rings is 1. The van der Waals surface area contributed by atoms with Gasteiger partial charge in [0.05, 0.1) is 11.3 Å². The summed E-state index contributed by atoms with van der Waals surface area (Å²) in [4.78, 5) is 16.5. The summed E-state index contributed by atoms with van der Waals surface area (Å²) in [5.41, 5.74) is 1.84. The van der Waals surface area contributed by atoms with E-state index in [2.05, 4.69) is 27.3 Å². The summed E-state index contributed by atoms with van der Waals surface area (Å²) in [6.45, 7) is 5.39. The van der Waals surface area contributed by atoms with Gasteiger partial charge in [0, 0.05) is 39.3 Å². The van der Waals surface area contributed by atoms with E-state index in [4.69, 9.17) is 4.74 Å². The number of hydrogen-bond donors (Lipinski definition) is 1. The Hall–Kier alpha value is -2.10. The van der Waals surface area contributed by atoms with E-state index in [-0.39, 0.29) is 12.5 Å². The standard InChI is InChI=1S/C22H32N4O2/c1-28-17-22(27)24-20-8-6-18(7-9-20)10-11-25-12-14-26(15-13-25)21-5-3-2-4-19(21)16-23/h2-5,18,20H,6-15,17H2,1H3,(H,24,27)/t18-,20-. The van der Waals surface area contributed by atoms with Crippen molar-refractivity contribution in [2.45, 2.75) is 38.1 Å². The smallest absolute Gasteiger partial charge is 0.246 e. The van der Waals surface area contributed by atoms with Gasteiger partial charge in [-0.2, -0.15) is 5.26 Å². The van der Waals surface area contributed by atoms with Gasteiger partial charge in [-0.05, 0) is 56.7 Å². The van der Waals surface area contributed by atoms with Crippen LogP contribution >= 0.6 is 0 Å². The van der Waals surface area contributed by atoms with E-state index in [1.54, 1.807) is 7.11 Å². The molecule has 0 radical (unpaired) electrons. The Bertz CT molecular complexity index is 671. The first-order valence-electron chi connectivity index (χ1n) is 10.4. The first-order chi connectivity index (χ1) is 13.7. The number of ether oxygens (including phenoxy) is 1. The molecule has 1 saturated heterocycles. The predicted octanol–water partition coefficient (Wildman–Crippen LogP) is 2.39. The zero-order valence-corrected chi connectivity index (χ0v) is 16.9. The van der Waals surface area contributed by atoms with Gasteiger partial charge in [0.15, 0.2) is 0 Å². The number of amides is 1. The highest BCUT2D eigenvalue weighted by Crippen LogP contribution is 2.27. The summed E-state index contributed by atoms with van der Waals surface area (Å²) in [6, 6.07) is 10.5. The van der Waals surface area contributed by atoms with Crippen LogP contribution in [0.25, 0.3) is 0 Å². The van der Waals surface area contributed by atoms with Gasteiger partial charge in [-0.25, -0.2) is 0 Å². The summed E-state index contributed by atoms with van der Waals surface area (Å²) in [7, 11) is 1.55. The number of nitrogens with zero attached hydrogens (tertiary/aromatic N) is 3. The second kappa shape index (κ2) is 10.4. The first-order valence-corrected chi connectivity index (χ1v) is 10.4. The number of carbonyl (C=O) groups is 1. The summed E-state index contributed by atoms with van der Waals surface area (Å²) in [6.07, 6.45) is 5.81. The topological polar surface area (TPSA) is 68.6 Å². The van der Waals surface area contributed by atoms with Crippen molar-refractivity contribution in [3.8, 4) is 6.07 Å². The van der Waals surface area contributed by atoms with Crippen LogP contribution < -0.4 is 10.2 Å². The minimum Gasteiger partial charge on any atom is -0.375 e. The van der Waals surface area contributed by atoms with Gasteiger partial charge in [0.2, 0.25) is 5.91 Å². The minimum atomic E-state index is 0.00166. The van der Waals surface area contributed by atoms with Gasteiger partial charge < -0.3 is 15.0 Å². The molecule has 1 aliphatic heterocycles. The van der Waals surface area contributed by atoms with E-state index in [0.29, 0.717) is 6.04 Å². The maximum atomic E-state index is 11.6. The highest BCUT2D eigenvalue weighted by Gasteiger charge is 2.24. The molecule has 1 aromatic rings. The van der Waals surface area contributed by atoms with Crippen molar-refractivity contribution in [3.63, 3.8) is 0 Å². The zero-order chi connectivity index (χ0) is 19.8. The van der Waals surface area contributed by atoms with Crippen LogP contribution in [-0.2, 0) is 9.53 Å². The van der Waals surface area contributed by atoms with E-state index in [1.165, 1.54) is 19.3 Å². The monoisotopic (exact) mass is 384 g/mol. The van der Waals surface area contributed by atoms with Crippen LogP contribution in [0.3, 0.4) is 0 Å². The maximum Gasteiger partial charge on any atom is 0.246 e. The molecule has 6 heteroatoms. The van der Waals surface area contributed by atoms with Crippen LogP contribution in [-0.4, -0.2) is 63.3 Å². The third-order valence-corrected chi connectivity index (χ3v) is 6.08. The molecule has 28 heavy (non-hydrogen) atoms. The molecule has 1 amide bonds. The highest BCUT2D eigenvalue weighted by atomic mass is 16.5. The van der Waals surface area contributed by atoms with Crippen molar-refractivity contribution >= 4 is 11.6 Å². The van der Waals surface area contributed by atoms with Crippen molar-refractivity contribution in [2.75, 3.05) is 51.3 Å². The number of carbonyl (C=O) groups excluding carboxylic acids is 1. The highest BCUT2D eigenvalue weighted by molar-refractivity contribution is 5.77. The van der Waals surface area contributed by atoms with Crippen LogP contribution in [0.15, 0.2) is 24.3 Å². The Morgan fingerprint density at radius 1 is 1.18 bits per heavy atom. The zero-order valence-electron chi connectivity index (χ0n) is 16.9. The molecule has 2 fully saturated rings. The lowest BCUT2D eigenvalue weighted by Gasteiger charge is -2.37. The van der Waals surface area contributed by atoms with Gasteiger partial charge in [0.25, 0.3) is 0 Å². The lowest BCUT2D eigenvalue weighted by atomic mass is 9.84. The largest absolute Gasteiger partial charge is 0.375 e. The second-order valence-corrected chi connectivity index (χ2v) is 7.96. The quantitative estimate of drug-likeness (QED) is 0.782. The molecular weight excluding hydrogens is 352 g/mol. The molecule has 0 aromatic heterocycles. The number of nitrogens with one attached hydrogen (secondary N) is 1. The third-order valence-electron chi connectivity index (χ3n) is 6.08. The SMILES string of the molecule is COCC(=O)N[C@H]1CC[C@H](CCN2CCN(c3ccccc3C#N)CC2)CC1. The van der Waals surface area contributed by atoms with Crippen molar-refractivity contribution in [3.05, 3.63) is 29.8 Å². The molecule has 0 atom stereocenters. The molecule has 2 aliphatic rings. The number of para-hydroxylation sites is 1. The Morgan fingerprint density at radius 2 is 1.89 bits per heavy atom. The average Bonchev–Trinajstić information content (AvgIpc) is 2.74. The van der Waals surface area contributed by atoms with E-state index in [9.17, 15) is 10.1 Å². The molecule has 6 nitrogen and oxygen atoms in total. The molecule has 3 rings (SSSR count). The van der Waals surface area contributed by atoms with Crippen LogP contribution in [0.4, 0.5) is 5.69 Å². The first kappa shape index (κ1) is 20.6. The Kier molecular flexibility index (Phi) is 7.70. The summed E-state index contributed by atoms with van der Waals surface area (Å²) in [5, 5.41) is 12.4. The Balaban J connectivity index is 1.35. The molecule has 1 N–H and O–H groups in total. The van der Waals surface area contributed by atoms with Gasteiger partial charge in [-0.15, -0.1) is 0 Å². The lowest BCUT2D eigenvalue weighted by molar-refractivity contribution is -0.125. The van der Waals surface area contributed by atoms with Crippen molar-refractivity contribution < 1.29 is 9.53 Å². The van der Waals surface area contributed by atoms with E-state index >= 15 is 0 Å². The number of anilines is 1.